The first kappa shape index (κ1) is 9.15. The molecule has 2 N–H and O–H groups in total. The second-order valence-electron chi connectivity index (χ2n) is 3.24. The second kappa shape index (κ2) is 4.72. The molecule has 4 heteroatoms. The molecule has 2 rings (SSSR count). The summed E-state index contributed by atoms with van der Waals surface area (Å²) >= 11 is 0. The highest BCUT2D eigenvalue weighted by molar-refractivity contribution is 5.26. The van der Waals surface area contributed by atoms with Crippen molar-refractivity contribution in [1.82, 2.24) is 15.3 Å². The maximum Gasteiger partial charge on any atom is 0.222 e. The second-order valence-corrected chi connectivity index (χ2v) is 3.24. The molecule has 0 saturated heterocycles. The zero-order valence-corrected chi connectivity index (χ0v) is 8.03. The summed E-state index contributed by atoms with van der Waals surface area (Å²) in [4.78, 5) is 8.20. The van der Waals surface area contributed by atoms with Gasteiger partial charge in [-0.1, -0.05) is 11.6 Å². The summed E-state index contributed by atoms with van der Waals surface area (Å²) < 4.78 is 0. The molecule has 1 aromatic rings. The van der Waals surface area contributed by atoms with Crippen LogP contribution in [0, 0.1) is 0 Å². The van der Waals surface area contributed by atoms with Crippen LogP contribution < -0.4 is 10.6 Å². The molecule has 4 nitrogen and oxygen atoms in total. The predicted octanol–water partition coefficient (Wildman–Crippen LogP) is 0.808. The quantitative estimate of drug-likeness (QED) is 0.692. The summed E-state index contributed by atoms with van der Waals surface area (Å²) in [7, 11) is 0. The summed E-state index contributed by atoms with van der Waals surface area (Å²) in [6.45, 7) is 2.90. The molecule has 0 spiro atoms. The third kappa shape index (κ3) is 2.53. The number of hydrogen-bond acceptors (Lipinski definition) is 4. The predicted molar refractivity (Wildman–Crippen MR) is 56.1 cm³/mol. The van der Waals surface area contributed by atoms with Crippen LogP contribution >= 0.6 is 0 Å². The van der Waals surface area contributed by atoms with Crippen LogP contribution in [-0.2, 0) is 0 Å². The largest absolute Gasteiger partial charge is 0.350 e. The Balaban J connectivity index is 1.85. The van der Waals surface area contributed by atoms with E-state index in [-0.39, 0.29) is 0 Å². The van der Waals surface area contributed by atoms with Gasteiger partial charge in [-0.05, 0) is 19.0 Å². The molecule has 0 amide bonds. The number of nitrogens with one attached hydrogen (secondary N) is 2. The highest BCUT2D eigenvalue weighted by atomic mass is 15.1. The maximum absolute atomic E-state index is 4.10. The van der Waals surface area contributed by atoms with Crippen molar-refractivity contribution in [3.8, 4) is 0 Å². The van der Waals surface area contributed by atoms with Gasteiger partial charge in [-0.15, -0.1) is 0 Å². The third-order valence-electron chi connectivity index (χ3n) is 2.20. The van der Waals surface area contributed by atoms with Gasteiger partial charge in [0, 0.05) is 25.5 Å². The van der Waals surface area contributed by atoms with Gasteiger partial charge in [-0.2, -0.15) is 0 Å². The SMILES string of the molecule is C1=C(CNc2ncccn2)CCNC1. The number of anilines is 1. The molecule has 1 aliphatic heterocycles. The van der Waals surface area contributed by atoms with E-state index in [1.165, 1.54) is 5.57 Å². The fraction of sp³-hybridized carbons (Fsp3) is 0.400. The van der Waals surface area contributed by atoms with Crippen molar-refractivity contribution in [2.75, 3.05) is 25.0 Å². The van der Waals surface area contributed by atoms with Crippen LogP contribution in [0.25, 0.3) is 0 Å². The van der Waals surface area contributed by atoms with Crippen molar-refractivity contribution in [1.29, 1.82) is 0 Å². The van der Waals surface area contributed by atoms with Gasteiger partial charge >= 0.3 is 0 Å². The van der Waals surface area contributed by atoms with Crippen molar-refractivity contribution in [2.24, 2.45) is 0 Å². The molecule has 2 heterocycles. The molecule has 0 aromatic carbocycles. The fourth-order valence-corrected chi connectivity index (χ4v) is 1.41. The Bertz CT molecular complexity index is 307. The number of aromatic nitrogens is 2. The lowest BCUT2D eigenvalue weighted by Gasteiger charge is -2.14. The van der Waals surface area contributed by atoms with Crippen molar-refractivity contribution < 1.29 is 0 Å². The molecule has 0 radical (unpaired) electrons. The smallest absolute Gasteiger partial charge is 0.222 e. The number of hydrogen-bond donors (Lipinski definition) is 2. The molecule has 1 aliphatic rings. The average molecular weight is 190 g/mol. The van der Waals surface area contributed by atoms with E-state index in [0.717, 1.165) is 26.1 Å². The topological polar surface area (TPSA) is 49.8 Å². The molecule has 0 bridgehead atoms. The standard InChI is InChI=1S/C10H14N4/c1-4-12-10(13-5-1)14-8-9-2-6-11-7-3-9/h1-2,4-5,11H,3,6-8H2,(H,12,13,14). The van der Waals surface area contributed by atoms with E-state index in [0.29, 0.717) is 5.95 Å². The van der Waals surface area contributed by atoms with E-state index in [1.54, 1.807) is 12.4 Å². The highest BCUT2D eigenvalue weighted by Crippen LogP contribution is 2.05. The van der Waals surface area contributed by atoms with Gasteiger partial charge in [0.2, 0.25) is 5.95 Å². The highest BCUT2D eigenvalue weighted by Gasteiger charge is 2.02. The molecule has 0 saturated carbocycles. The van der Waals surface area contributed by atoms with Crippen LogP contribution in [0.4, 0.5) is 5.95 Å². The first-order valence-corrected chi connectivity index (χ1v) is 4.84. The summed E-state index contributed by atoms with van der Waals surface area (Å²) in [6, 6.07) is 1.81. The van der Waals surface area contributed by atoms with Crippen molar-refractivity contribution >= 4 is 5.95 Å². The first-order valence-electron chi connectivity index (χ1n) is 4.84. The molecule has 0 atom stereocenters. The Morgan fingerprint density at radius 3 is 2.93 bits per heavy atom. The molecule has 74 valence electrons. The van der Waals surface area contributed by atoms with Crippen LogP contribution in [0.1, 0.15) is 6.42 Å². The minimum atomic E-state index is 0.701. The Hall–Kier alpha value is -1.42. The molecule has 0 aliphatic carbocycles. The van der Waals surface area contributed by atoms with Crippen LogP contribution in [0.5, 0.6) is 0 Å². The minimum absolute atomic E-state index is 0.701. The van der Waals surface area contributed by atoms with Crippen molar-refractivity contribution in [3.05, 3.63) is 30.1 Å². The third-order valence-corrected chi connectivity index (χ3v) is 2.20. The average Bonchev–Trinajstić information content (AvgIpc) is 2.29. The number of rotatable bonds is 3. The molecular formula is C10H14N4. The maximum atomic E-state index is 4.10. The lowest BCUT2D eigenvalue weighted by atomic mass is 10.1. The van der Waals surface area contributed by atoms with E-state index in [2.05, 4.69) is 26.7 Å². The van der Waals surface area contributed by atoms with Crippen LogP contribution in [0.3, 0.4) is 0 Å². The van der Waals surface area contributed by atoms with Gasteiger partial charge in [0.15, 0.2) is 0 Å². The van der Waals surface area contributed by atoms with Gasteiger partial charge in [-0.25, -0.2) is 9.97 Å². The minimum Gasteiger partial charge on any atom is -0.350 e. The van der Waals surface area contributed by atoms with E-state index in [9.17, 15) is 0 Å². The lowest BCUT2D eigenvalue weighted by Crippen LogP contribution is -2.23. The summed E-state index contributed by atoms with van der Waals surface area (Å²) in [5, 5.41) is 6.47. The summed E-state index contributed by atoms with van der Waals surface area (Å²) in [5.74, 6) is 0.701. The monoisotopic (exact) mass is 190 g/mol. The van der Waals surface area contributed by atoms with E-state index >= 15 is 0 Å². The molecule has 0 unspecified atom stereocenters. The van der Waals surface area contributed by atoms with Crippen LogP contribution in [-0.4, -0.2) is 29.6 Å². The first-order chi connectivity index (χ1) is 6.95. The molecule has 1 aromatic heterocycles. The van der Waals surface area contributed by atoms with E-state index in [1.807, 2.05) is 6.07 Å². The molecular weight excluding hydrogens is 176 g/mol. The zero-order valence-electron chi connectivity index (χ0n) is 8.03. The summed E-state index contributed by atoms with van der Waals surface area (Å²) in [5.41, 5.74) is 1.43. The van der Waals surface area contributed by atoms with E-state index in [4.69, 9.17) is 0 Å². The van der Waals surface area contributed by atoms with Gasteiger partial charge in [-0.3, -0.25) is 0 Å². The lowest BCUT2D eigenvalue weighted by molar-refractivity contribution is 0.697. The zero-order chi connectivity index (χ0) is 9.64. The Kier molecular flexibility index (Phi) is 3.08. The normalized spacial score (nSPS) is 16.1. The Morgan fingerprint density at radius 2 is 2.21 bits per heavy atom. The fourth-order valence-electron chi connectivity index (χ4n) is 1.41. The molecule has 14 heavy (non-hydrogen) atoms. The molecule has 0 fully saturated rings. The number of nitrogens with zero attached hydrogens (tertiary/aromatic N) is 2. The van der Waals surface area contributed by atoms with Crippen LogP contribution in [0.15, 0.2) is 30.1 Å². The Labute approximate surface area is 83.5 Å². The van der Waals surface area contributed by atoms with Gasteiger partial charge in [0.25, 0.3) is 0 Å². The van der Waals surface area contributed by atoms with Crippen molar-refractivity contribution in [2.45, 2.75) is 6.42 Å². The Morgan fingerprint density at radius 1 is 1.36 bits per heavy atom. The van der Waals surface area contributed by atoms with Gasteiger partial charge in [0.1, 0.15) is 0 Å². The van der Waals surface area contributed by atoms with Crippen molar-refractivity contribution in [3.63, 3.8) is 0 Å². The van der Waals surface area contributed by atoms with Gasteiger partial charge in [0.05, 0.1) is 0 Å². The van der Waals surface area contributed by atoms with Crippen LogP contribution in [0.2, 0.25) is 0 Å². The van der Waals surface area contributed by atoms with Gasteiger partial charge < -0.3 is 10.6 Å². The summed E-state index contributed by atoms with van der Waals surface area (Å²) in [6.07, 6.45) is 6.82. The van der Waals surface area contributed by atoms with E-state index < -0.39 is 0 Å².